The van der Waals surface area contributed by atoms with Crippen molar-refractivity contribution in [2.45, 2.75) is 20.3 Å². The Morgan fingerprint density at radius 1 is 1.11 bits per heavy atom. The number of hydrogen-bond donors (Lipinski definition) is 0. The van der Waals surface area contributed by atoms with Gasteiger partial charge in [-0.05, 0) is 54.8 Å². The Morgan fingerprint density at radius 3 is 2.79 bits per heavy atom. The maximum atomic E-state index is 5.98. The summed E-state index contributed by atoms with van der Waals surface area (Å²) < 4.78 is 11.5. The van der Waals surface area contributed by atoms with Crippen molar-refractivity contribution in [3.05, 3.63) is 59.9 Å². The van der Waals surface area contributed by atoms with Gasteiger partial charge in [-0.2, -0.15) is 0 Å². The minimum atomic E-state index is 0.782. The zero-order valence-corrected chi connectivity index (χ0v) is 11.1. The van der Waals surface area contributed by atoms with Gasteiger partial charge in [-0.1, -0.05) is 19.1 Å². The van der Waals surface area contributed by atoms with E-state index in [0.29, 0.717) is 0 Å². The topological polar surface area (TPSA) is 22.4 Å². The van der Waals surface area contributed by atoms with Crippen LogP contribution in [0, 0.1) is 6.92 Å². The van der Waals surface area contributed by atoms with Gasteiger partial charge in [0.25, 0.3) is 0 Å². The molecule has 0 fully saturated rings. The molecule has 0 unspecified atom stereocenters. The zero-order chi connectivity index (χ0) is 13.2. The van der Waals surface area contributed by atoms with Crippen LogP contribution >= 0.6 is 0 Å². The first-order chi connectivity index (χ1) is 9.26. The van der Waals surface area contributed by atoms with E-state index < -0.39 is 0 Å². The molecule has 0 N–H and O–H groups in total. The van der Waals surface area contributed by atoms with E-state index in [0.717, 1.165) is 28.9 Å². The second-order valence-corrected chi connectivity index (χ2v) is 4.71. The van der Waals surface area contributed by atoms with Crippen molar-refractivity contribution in [2.24, 2.45) is 0 Å². The third-order valence-corrected chi connectivity index (χ3v) is 3.20. The molecule has 0 saturated heterocycles. The van der Waals surface area contributed by atoms with Gasteiger partial charge >= 0.3 is 0 Å². The van der Waals surface area contributed by atoms with E-state index in [-0.39, 0.29) is 0 Å². The molecule has 3 rings (SSSR count). The van der Waals surface area contributed by atoms with E-state index in [1.807, 2.05) is 30.3 Å². The Morgan fingerprint density at radius 2 is 2.00 bits per heavy atom. The molecule has 1 heterocycles. The molecule has 3 aromatic rings. The van der Waals surface area contributed by atoms with E-state index in [1.165, 1.54) is 11.1 Å². The molecule has 0 aliphatic heterocycles. The fourth-order valence-electron chi connectivity index (χ4n) is 2.19. The molecule has 0 aliphatic carbocycles. The molecule has 0 spiro atoms. The number of furan rings is 1. The van der Waals surface area contributed by atoms with Crippen LogP contribution in [-0.2, 0) is 6.42 Å². The molecule has 19 heavy (non-hydrogen) atoms. The van der Waals surface area contributed by atoms with Crippen LogP contribution in [0.5, 0.6) is 11.5 Å². The van der Waals surface area contributed by atoms with E-state index in [9.17, 15) is 0 Å². The summed E-state index contributed by atoms with van der Waals surface area (Å²) in [5.41, 5.74) is 3.23. The van der Waals surface area contributed by atoms with Gasteiger partial charge in [-0.25, -0.2) is 0 Å². The van der Waals surface area contributed by atoms with Gasteiger partial charge in [0.1, 0.15) is 5.75 Å². The van der Waals surface area contributed by atoms with Gasteiger partial charge in [0, 0.05) is 5.39 Å². The van der Waals surface area contributed by atoms with E-state index in [4.69, 9.17) is 9.15 Å². The predicted molar refractivity (Wildman–Crippen MR) is 76.8 cm³/mol. The minimum Gasteiger partial charge on any atom is -0.460 e. The third kappa shape index (κ3) is 2.34. The molecule has 0 saturated carbocycles. The summed E-state index contributed by atoms with van der Waals surface area (Å²) in [6, 6.07) is 14.2. The van der Waals surface area contributed by atoms with Crippen LogP contribution in [0.1, 0.15) is 18.1 Å². The normalized spacial score (nSPS) is 10.8. The highest BCUT2D eigenvalue weighted by Crippen LogP contribution is 2.32. The molecule has 0 radical (unpaired) electrons. The predicted octanol–water partition coefficient (Wildman–Crippen LogP) is 5.10. The molecular formula is C17H16O2. The Hall–Kier alpha value is -2.22. The highest BCUT2D eigenvalue weighted by molar-refractivity contribution is 5.84. The van der Waals surface area contributed by atoms with Crippen molar-refractivity contribution in [2.75, 3.05) is 0 Å². The lowest BCUT2D eigenvalue weighted by atomic mass is 10.1. The van der Waals surface area contributed by atoms with Crippen molar-refractivity contribution >= 4 is 11.0 Å². The lowest BCUT2D eigenvalue weighted by Gasteiger charge is -2.08. The lowest BCUT2D eigenvalue weighted by molar-refractivity contribution is 0.472. The Kier molecular flexibility index (Phi) is 3.00. The third-order valence-electron chi connectivity index (χ3n) is 3.20. The van der Waals surface area contributed by atoms with Crippen LogP contribution in [0.15, 0.2) is 53.1 Å². The summed E-state index contributed by atoms with van der Waals surface area (Å²) in [5, 5.41) is 1.09. The van der Waals surface area contributed by atoms with Crippen molar-refractivity contribution in [1.82, 2.24) is 0 Å². The smallest absolute Gasteiger partial charge is 0.176 e. The van der Waals surface area contributed by atoms with Gasteiger partial charge in [0.05, 0.1) is 6.26 Å². The summed E-state index contributed by atoms with van der Waals surface area (Å²) in [7, 11) is 0. The average molecular weight is 252 g/mol. The Bertz CT molecular complexity index is 710. The molecule has 2 heteroatoms. The number of rotatable bonds is 3. The number of benzene rings is 2. The minimum absolute atomic E-state index is 0.782. The maximum Gasteiger partial charge on any atom is 0.176 e. The zero-order valence-electron chi connectivity index (χ0n) is 11.1. The fourth-order valence-corrected chi connectivity index (χ4v) is 2.19. The highest BCUT2D eigenvalue weighted by atomic mass is 16.5. The van der Waals surface area contributed by atoms with Gasteiger partial charge in [-0.15, -0.1) is 0 Å². The number of hydrogen-bond acceptors (Lipinski definition) is 2. The van der Waals surface area contributed by atoms with Crippen molar-refractivity contribution in [1.29, 1.82) is 0 Å². The van der Waals surface area contributed by atoms with E-state index >= 15 is 0 Å². The number of fused-ring (bicyclic) bond motifs is 1. The van der Waals surface area contributed by atoms with Crippen molar-refractivity contribution < 1.29 is 9.15 Å². The molecule has 0 aliphatic rings. The van der Waals surface area contributed by atoms with E-state index in [2.05, 4.69) is 26.0 Å². The summed E-state index contributed by atoms with van der Waals surface area (Å²) in [6.45, 7) is 4.19. The van der Waals surface area contributed by atoms with E-state index in [1.54, 1.807) is 6.26 Å². The first kappa shape index (κ1) is 11.8. The second kappa shape index (κ2) is 4.81. The first-order valence-electron chi connectivity index (χ1n) is 6.51. The SMILES string of the molecule is CCc1cc(Oc2cccc(C)c2)c2occc2c1. The first-order valence-corrected chi connectivity index (χ1v) is 6.51. The quantitative estimate of drug-likeness (QED) is 0.647. The monoisotopic (exact) mass is 252 g/mol. The molecular weight excluding hydrogens is 236 g/mol. The lowest BCUT2D eigenvalue weighted by Crippen LogP contribution is -1.88. The molecule has 0 bridgehead atoms. The van der Waals surface area contributed by atoms with Crippen LogP contribution in [0.25, 0.3) is 11.0 Å². The molecule has 0 atom stereocenters. The van der Waals surface area contributed by atoms with Crippen molar-refractivity contribution in [3.63, 3.8) is 0 Å². The summed E-state index contributed by atoms with van der Waals surface area (Å²) in [4.78, 5) is 0. The Balaban J connectivity index is 2.06. The van der Waals surface area contributed by atoms with Gasteiger partial charge in [0.2, 0.25) is 0 Å². The van der Waals surface area contributed by atoms with Gasteiger partial charge < -0.3 is 9.15 Å². The molecule has 96 valence electrons. The van der Waals surface area contributed by atoms with Crippen LogP contribution in [0.3, 0.4) is 0 Å². The largest absolute Gasteiger partial charge is 0.460 e. The molecule has 1 aromatic heterocycles. The second-order valence-electron chi connectivity index (χ2n) is 4.71. The molecule has 2 aromatic carbocycles. The average Bonchev–Trinajstić information content (AvgIpc) is 2.87. The standard InChI is InChI=1S/C17H16O2/c1-3-13-10-14-7-8-18-17(14)16(11-13)19-15-6-4-5-12(2)9-15/h4-11H,3H2,1-2H3. The van der Waals surface area contributed by atoms with Crippen molar-refractivity contribution in [3.8, 4) is 11.5 Å². The summed E-state index contributed by atoms with van der Waals surface area (Å²) in [5.74, 6) is 1.62. The van der Waals surface area contributed by atoms with Crippen LogP contribution in [0.4, 0.5) is 0 Å². The van der Waals surface area contributed by atoms with Crippen LogP contribution < -0.4 is 4.74 Å². The number of ether oxygens (including phenoxy) is 1. The fraction of sp³-hybridized carbons (Fsp3) is 0.176. The highest BCUT2D eigenvalue weighted by Gasteiger charge is 2.09. The van der Waals surface area contributed by atoms with Gasteiger partial charge in [0.15, 0.2) is 11.3 Å². The number of aryl methyl sites for hydroxylation is 2. The molecule has 2 nitrogen and oxygen atoms in total. The summed E-state index contributed by atoms with van der Waals surface area (Å²) in [6.07, 6.45) is 2.68. The maximum absolute atomic E-state index is 5.98. The molecule has 0 amide bonds. The van der Waals surface area contributed by atoms with Gasteiger partial charge in [-0.3, -0.25) is 0 Å². The summed E-state index contributed by atoms with van der Waals surface area (Å²) >= 11 is 0. The Labute approximate surface area is 112 Å². The van der Waals surface area contributed by atoms with Crippen LogP contribution in [-0.4, -0.2) is 0 Å². The van der Waals surface area contributed by atoms with Crippen LogP contribution in [0.2, 0.25) is 0 Å².